The summed E-state index contributed by atoms with van der Waals surface area (Å²) in [7, 11) is -3.84. The van der Waals surface area contributed by atoms with Crippen LogP contribution in [0.4, 0.5) is 4.39 Å². The summed E-state index contributed by atoms with van der Waals surface area (Å²) in [5, 5.41) is 2.69. The van der Waals surface area contributed by atoms with Crippen molar-refractivity contribution in [1.82, 2.24) is 9.62 Å². The van der Waals surface area contributed by atoms with E-state index in [1.54, 1.807) is 12.1 Å². The minimum absolute atomic E-state index is 0.0189. The molecule has 0 spiro atoms. The maximum Gasteiger partial charge on any atom is 0.243 e. The third kappa shape index (κ3) is 3.34. The molecule has 3 rings (SSSR count). The fraction of sp³-hybridized carbons (Fsp3) is 0.312. The molecule has 24 heavy (non-hydrogen) atoms. The zero-order valence-corrected chi connectivity index (χ0v) is 13.6. The molecule has 0 unspecified atom stereocenters. The second kappa shape index (κ2) is 6.74. The van der Waals surface area contributed by atoms with Crippen LogP contribution in [0.3, 0.4) is 0 Å². The van der Waals surface area contributed by atoms with E-state index in [0.29, 0.717) is 18.6 Å². The Bertz CT molecular complexity index is 803. The summed E-state index contributed by atoms with van der Waals surface area (Å²) in [5.41, 5.74) is 0. The number of nitrogens with one attached hydrogen (secondary N) is 1. The fourth-order valence-corrected chi connectivity index (χ4v) is 4.39. The van der Waals surface area contributed by atoms with Crippen LogP contribution in [-0.2, 0) is 21.4 Å². The van der Waals surface area contributed by atoms with Crippen molar-refractivity contribution in [3.8, 4) is 0 Å². The van der Waals surface area contributed by atoms with Gasteiger partial charge in [-0.05, 0) is 49.2 Å². The van der Waals surface area contributed by atoms with E-state index in [0.717, 1.165) is 12.1 Å². The van der Waals surface area contributed by atoms with Crippen LogP contribution in [0.1, 0.15) is 18.6 Å². The molecule has 1 aromatic carbocycles. The SMILES string of the molecule is O=C(NCc1ccco1)[C@H]1CCCN1S(=O)(=O)c1ccc(F)cc1. The van der Waals surface area contributed by atoms with E-state index >= 15 is 0 Å². The Balaban J connectivity index is 1.74. The summed E-state index contributed by atoms with van der Waals surface area (Å²) < 4.78 is 44.7. The number of furan rings is 1. The van der Waals surface area contributed by atoms with E-state index in [9.17, 15) is 17.6 Å². The molecule has 1 N–H and O–H groups in total. The van der Waals surface area contributed by atoms with Gasteiger partial charge in [-0.25, -0.2) is 12.8 Å². The van der Waals surface area contributed by atoms with E-state index in [2.05, 4.69) is 5.32 Å². The van der Waals surface area contributed by atoms with Gasteiger partial charge in [-0.1, -0.05) is 0 Å². The Morgan fingerprint density at radius 2 is 2.04 bits per heavy atom. The van der Waals surface area contributed by atoms with Crippen molar-refractivity contribution >= 4 is 15.9 Å². The molecule has 1 atom stereocenters. The van der Waals surface area contributed by atoms with Gasteiger partial charge in [-0.2, -0.15) is 4.31 Å². The molecular weight excluding hydrogens is 335 g/mol. The third-order valence-corrected chi connectivity index (χ3v) is 5.87. The number of nitrogens with zero attached hydrogens (tertiary/aromatic N) is 1. The number of hydrogen-bond acceptors (Lipinski definition) is 4. The normalized spacial score (nSPS) is 18.6. The zero-order valence-electron chi connectivity index (χ0n) is 12.8. The van der Waals surface area contributed by atoms with Crippen molar-refractivity contribution in [3.63, 3.8) is 0 Å². The standard InChI is InChI=1S/C16H17FN2O4S/c17-12-5-7-14(8-6-12)24(21,22)19-9-1-4-15(19)16(20)18-11-13-3-2-10-23-13/h2-3,5-8,10,15H,1,4,9,11H2,(H,18,20)/t15-/m1/s1. The predicted molar refractivity (Wildman–Crippen MR) is 83.9 cm³/mol. The molecule has 1 fully saturated rings. The van der Waals surface area contributed by atoms with E-state index in [1.807, 2.05) is 0 Å². The second-order valence-corrected chi connectivity index (χ2v) is 7.42. The number of halogens is 1. The highest BCUT2D eigenvalue weighted by Gasteiger charge is 2.39. The average Bonchev–Trinajstić information content (AvgIpc) is 3.24. The van der Waals surface area contributed by atoms with E-state index in [4.69, 9.17) is 4.42 Å². The summed E-state index contributed by atoms with van der Waals surface area (Å²) in [5.74, 6) is -0.285. The van der Waals surface area contributed by atoms with E-state index < -0.39 is 21.9 Å². The molecule has 1 aromatic heterocycles. The number of rotatable bonds is 5. The lowest BCUT2D eigenvalue weighted by atomic mass is 10.2. The van der Waals surface area contributed by atoms with Crippen LogP contribution in [0.15, 0.2) is 52.0 Å². The van der Waals surface area contributed by atoms with Crippen LogP contribution in [0, 0.1) is 5.82 Å². The molecule has 0 saturated carbocycles. The first-order valence-electron chi connectivity index (χ1n) is 7.56. The van der Waals surface area contributed by atoms with Gasteiger partial charge in [0.05, 0.1) is 17.7 Å². The summed E-state index contributed by atoms with van der Waals surface area (Å²) in [4.78, 5) is 12.3. The lowest BCUT2D eigenvalue weighted by Crippen LogP contribution is -2.45. The van der Waals surface area contributed by atoms with Gasteiger partial charge < -0.3 is 9.73 Å². The summed E-state index contributed by atoms with van der Waals surface area (Å²) in [6.45, 7) is 0.464. The maximum atomic E-state index is 13.0. The molecule has 128 valence electrons. The molecule has 1 aliphatic rings. The lowest BCUT2D eigenvalue weighted by Gasteiger charge is -2.23. The van der Waals surface area contributed by atoms with Gasteiger partial charge in [0.1, 0.15) is 17.6 Å². The van der Waals surface area contributed by atoms with Gasteiger partial charge >= 0.3 is 0 Å². The largest absolute Gasteiger partial charge is 0.467 e. The number of carbonyl (C=O) groups excluding carboxylic acids is 1. The molecule has 1 amide bonds. The highest BCUT2D eigenvalue weighted by atomic mass is 32.2. The van der Waals surface area contributed by atoms with Gasteiger partial charge in [0.2, 0.25) is 15.9 Å². The molecule has 2 heterocycles. The van der Waals surface area contributed by atoms with Crippen molar-refractivity contribution in [2.24, 2.45) is 0 Å². The zero-order chi connectivity index (χ0) is 17.2. The number of sulfonamides is 1. The number of carbonyl (C=O) groups is 1. The highest BCUT2D eigenvalue weighted by molar-refractivity contribution is 7.89. The Kier molecular flexibility index (Phi) is 4.68. The fourth-order valence-electron chi connectivity index (χ4n) is 2.74. The smallest absolute Gasteiger partial charge is 0.243 e. The molecule has 2 aromatic rings. The molecule has 6 nitrogen and oxygen atoms in total. The summed E-state index contributed by atoms with van der Waals surface area (Å²) in [6, 6.07) is 7.27. The van der Waals surface area contributed by atoms with Crippen LogP contribution in [0.5, 0.6) is 0 Å². The quantitative estimate of drug-likeness (QED) is 0.891. The summed E-state index contributed by atoms with van der Waals surface area (Å²) >= 11 is 0. The van der Waals surface area contributed by atoms with Gasteiger partial charge in [-0.3, -0.25) is 4.79 Å². The van der Waals surface area contributed by atoms with Crippen molar-refractivity contribution in [3.05, 3.63) is 54.2 Å². The maximum absolute atomic E-state index is 13.0. The first-order valence-corrected chi connectivity index (χ1v) is 9.00. The van der Waals surface area contributed by atoms with Crippen molar-refractivity contribution in [2.45, 2.75) is 30.3 Å². The monoisotopic (exact) mass is 352 g/mol. The topological polar surface area (TPSA) is 79.6 Å². The Morgan fingerprint density at radius 1 is 1.29 bits per heavy atom. The summed E-state index contributed by atoms with van der Waals surface area (Å²) in [6.07, 6.45) is 2.55. The van der Waals surface area contributed by atoms with Crippen LogP contribution >= 0.6 is 0 Å². The van der Waals surface area contributed by atoms with E-state index in [1.165, 1.54) is 22.7 Å². The van der Waals surface area contributed by atoms with Crippen LogP contribution in [-0.4, -0.2) is 31.2 Å². The van der Waals surface area contributed by atoms with Crippen LogP contribution in [0.2, 0.25) is 0 Å². The number of benzene rings is 1. The minimum atomic E-state index is -3.84. The van der Waals surface area contributed by atoms with Crippen molar-refractivity contribution in [2.75, 3.05) is 6.54 Å². The Labute approximate surface area is 139 Å². The average molecular weight is 352 g/mol. The van der Waals surface area contributed by atoms with Crippen molar-refractivity contribution in [1.29, 1.82) is 0 Å². The molecule has 8 heteroatoms. The van der Waals surface area contributed by atoms with Gasteiger partial charge in [0.25, 0.3) is 0 Å². The second-order valence-electron chi connectivity index (χ2n) is 5.52. The highest BCUT2D eigenvalue weighted by Crippen LogP contribution is 2.26. The molecule has 0 radical (unpaired) electrons. The molecule has 0 aliphatic carbocycles. The van der Waals surface area contributed by atoms with Gasteiger partial charge in [-0.15, -0.1) is 0 Å². The van der Waals surface area contributed by atoms with Gasteiger partial charge in [0, 0.05) is 6.54 Å². The number of hydrogen-bond donors (Lipinski definition) is 1. The third-order valence-electron chi connectivity index (χ3n) is 3.94. The minimum Gasteiger partial charge on any atom is -0.467 e. The molecular formula is C16H17FN2O4S. The lowest BCUT2D eigenvalue weighted by molar-refractivity contribution is -0.124. The van der Waals surface area contributed by atoms with Crippen LogP contribution < -0.4 is 5.32 Å². The Morgan fingerprint density at radius 3 is 2.71 bits per heavy atom. The Hall–Kier alpha value is -2.19. The first kappa shape index (κ1) is 16.7. The first-order chi connectivity index (χ1) is 11.5. The van der Waals surface area contributed by atoms with Crippen LogP contribution in [0.25, 0.3) is 0 Å². The van der Waals surface area contributed by atoms with E-state index in [-0.39, 0.29) is 23.9 Å². The molecule has 1 aliphatic heterocycles. The molecule has 0 bridgehead atoms. The van der Waals surface area contributed by atoms with Gasteiger partial charge in [0.15, 0.2) is 0 Å². The molecule has 1 saturated heterocycles. The number of amides is 1. The predicted octanol–water partition coefficient (Wildman–Crippen LogP) is 1.89. The van der Waals surface area contributed by atoms with Crippen molar-refractivity contribution < 1.29 is 22.0 Å².